The fourth-order valence-electron chi connectivity index (χ4n) is 3.13. The van der Waals surface area contributed by atoms with Crippen LogP contribution in [0.2, 0.25) is 0 Å². The van der Waals surface area contributed by atoms with Gasteiger partial charge < -0.3 is 19.2 Å². The van der Waals surface area contributed by atoms with Gasteiger partial charge in [0.05, 0.1) is 12.0 Å². The van der Waals surface area contributed by atoms with Crippen LogP contribution in [0.25, 0.3) is 21.9 Å². The lowest BCUT2D eigenvalue weighted by Crippen LogP contribution is -2.16. The Morgan fingerprint density at radius 1 is 1.28 bits per heavy atom. The van der Waals surface area contributed by atoms with Crippen molar-refractivity contribution < 1.29 is 19.0 Å². The highest BCUT2D eigenvalue weighted by atomic mass is 32.1. The number of thiophene rings is 1. The molecule has 150 valence electrons. The molecule has 3 heterocycles. The van der Waals surface area contributed by atoms with Gasteiger partial charge in [0.25, 0.3) is 5.56 Å². The Morgan fingerprint density at radius 3 is 2.79 bits per heavy atom. The quantitative estimate of drug-likeness (QED) is 0.521. The Morgan fingerprint density at radius 2 is 2.03 bits per heavy atom. The Hall–Kier alpha value is -3.13. The largest absolute Gasteiger partial charge is 0.486 e. The first kappa shape index (κ1) is 19.2. The molecule has 0 saturated heterocycles. The van der Waals surface area contributed by atoms with E-state index in [-0.39, 0.29) is 23.6 Å². The number of H-pyrrole nitrogens is 1. The molecule has 3 aromatic rings. The van der Waals surface area contributed by atoms with Crippen LogP contribution in [0.15, 0.2) is 23.0 Å². The number of benzene rings is 1. The summed E-state index contributed by atoms with van der Waals surface area (Å²) in [5.41, 5.74) is 1.51. The molecule has 0 unspecified atom stereocenters. The van der Waals surface area contributed by atoms with E-state index in [4.69, 9.17) is 14.2 Å². The van der Waals surface area contributed by atoms with Gasteiger partial charge in [-0.05, 0) is 50.1 Å². The van der Waals surface area contributed by atoms with Gasteiger partial charge in [-0.15, -0.1) is 11.3 Å². The van der Waals surface area contributed by atoms with Gasteiger partial charge in [0.2, 0.25) is 0 Å². The van der Waals surface area contributed by atoms with Gasteiger partial charge in [-0.2, -0.15) is 0 Å². The van der Waals surface area contributed by atoms with Crippen LogP contribution in [-0.4, -0.2) is 35.8 Å². The number of hydrogen-bond acceptors (Lipinski definition) is 7. The average Bonchev–Trinajstić information content (AvgIpc) is 3.00. The maximum Gasteiger partial charge on any atom is 0.341 e. The number of esters is 1. The average molecular weight is 412 g/mol. The number of fused-ring (bicyclic) bond motifs is 2. The van der Waals surface area contributed by atoms with Crippen LogP contribution in [0.5, 0.6) is 11.5 Å². The lowest BCUT2D eigenvalue weighted by atomic mass is 10.1. The van der Waals surface area contributed by atoms with Crippen molar-refractivity contribution in [3.8, 4) is 11.5 Å². The molecule has 0 radical (unpaired) electrons. The van der Waals surface area contributed by atoms with Gasteiger partial charge in [0.1, 0.15) is 29.4 Å². The Bertz CT molecular complexity index is 1190. The summed E-state index contributed by atoms with van der Waals surface area (Å²) in [5, 5.41) is 0.554. The molecule has 0 fully saturated rings. The van der Waals surface area contributed by atoms with Crippen molar-refractivity contribution >= 4 is 39.2 Å². The van der Waals surface area contributed by atoms with Crippen molar-refractivity contribution in [2.45, 2.75) is 20.8 Å². The fourth-order valence-corrected chi connectivity index (χ4v) is 4.16. The topological polar surface area (TPSA) is 90.5 Å². The number of rotatable bonds is 4. The number of carbonyl (C=O) groups excluding carboxylic acids is 1. The van der Waals surface area contributed by atoms with Gasteiger partial charge in [-0.1, -0.05) is 6.07 Å². The minimum atomic E-state index is -0.560. The van der Waals surface area contributed by atoms with Crippen molar-refractivity contribution in [3.05, 3.63) is 50.4 Å². The van der Waals surface area contributed by atoms with Crippen LogP contribution < -0.4 is 15.0 Å². The summed E-state index contributed by atoms with van der Waals surface area (Å²) in [6.45, 7) is 6.74. The van der Waals surface area contributed by atoms with Gasteiger partial charge >= 0.3 is 5.97 Å². The molecule has 7 nitrogen and oxygen atoms in total. The number of carbonyl (C=O) groups is 1. The fraction of sp³-hybridized carbons (Fsp3) is 0.286. The summed E-state index contributed by atoms with van der Waals surface area (Å²) in [6.07, 6.45) is 1.63. The lowest BCUT2D eigenvalue weighted by molar-refractivity contribution is -0.136. The van der Waals surface area contributed by atoms with E-state index in [9.17, 15) is 9.59 Å². The van der Waals surface area contributed by atoms with Gasteiger partial charge in [0.15, 0.2) is 11.5 Å². The minimum Gasteiger partial charge on any atom is -0.486 e. The molecule has 0 saturated carbocycles. The molecule has 1 N–H and O–H groups in total. The lowest BCUT2D eigenvalue weighted by Gasteiger charge is -2.18. The first-order valence-corrected chi connectivity index (χ1v) is 10.1. The van der Waals surface area contributed by atoms with Gasteiger partial charge in [0, 0.05) is 4.88 Å². The van der Waals surface area contributed by atoms with Crippen LogP contribution in [0.4, 0.5) is 0 Å². The summed E-state index contributed by atoms with van der Waals surface area (Å²) < 4.78 is 16.3. The molecular formula is C21H20N2O5S. The second-order valence-electron chi connectivity index (χ2n) is 6.56. The Labute approximate surface area is 171 Å². The Kier molecular flexibility index (Phi) is 5.10. The molecule has 0 atom stereocenters. The highest BCUT2D eigenvalue weighted by Gasteiger charge is 2.20. The molecule has 1 aliphatic rings. The van der Waals surface area contributed by atoms with Crippen molar-refractivity contribution in [1.82, 2.24) is 9.97 Å². The molecule has 8 heteroatoms. The summed E-state index contributed by atoms with van der Waals surface area (Å²) >= 11 is 1.43. The van der Waals surface area contributed by atoms with Crippen LogP contribution in [-0.2, 0) is 9.53 Å². The monoisotopic (exact) mass is 412 g/mol. The number of aryl methyl sites for hydroxylation is 2. The molecule has 2 aromatic heterocycles. The van der Waals surface area contributed by atoms with E-state index < -0.39 is 5.97 Å². The minimum absolute atomic E-state index is 0.172. The number of nitrogens with one attached hydrogen (secondary N) is 1. The zero-order valence-electron chi connectivity index (χ0n) is 16.3. The SMILES string of the molecule is CCOC(=O)/C(=C\c1ccc2c(c1)OCCO2)c1nc2sc(C)c(C)c2c(=O)[nH]1. The molecule has 0 amide bonds. The van der Waals surface area contributed by atoms with Crippen molar-refractivity contribution in [2.24, 2.45) is 0 Å². The highest BCUT2D eigenvalue weighted by Crippen LogP contribution is 2.32. The predicted octanol–water partition coefficient (Wildman–Crippen LogP) is 3.48. The van der Waals surface area contributed by atoms with E-state index in [2.05, 4.69) is 9.97 Å². The Balaban J connectivity index is 1.84. The zero-order chi connectivity index (χ0) is 20.5. The molecule has 1 aromatic carbocycles. The van der Waals surface area contributed by atoms with E-state index in [0.717, 1.165) is 10.4 Å². The molecule has 4 rings (SSSR count). The molecule has 29 heavy (non-hydrogen) atoms. The summed E-state index contributed by atoms with van der Waals surface area (Å²) in [6, 6.07) is 5.38. The van der Waals surface area contributed by atoms with Crippen LogP contribution >= 0.6 is 11.3 Å². The second kappa shape index (κ2) is 7.71. The van der Waals surface area contributed by atoms with E-state index in [1.807, 2.05) is 19.9 Å². The van der Waals surface area contributed by atoms with E-state index in [0.29, 0.717) is 40.5 Å². The smallest absolute Gasteiger partial charge is 0.341 e. The van der Waals surface area contributed by atoms with Gasteiger partial charge in [-0.25, -0.2) is 9.78 Å². The third-order valence-corrected chi connectivity index (χ3v) is 5.77. The molecular weight excluding hydrogens is 392 g/mol. The molecule has 1 aliphatic heterocycles. The maximum absolute atomic E-state index is 12.7. The third kappa shape index (κ3) is 3.63. The van der Waals surface area contributed by atoms with Crippen LogP contribution in [0.1, 0.15) is 28.8 Å². The zero-order valence-corrected chi connectivity index (χ0v) is 17.1. The van der Waals surface area contributed by atoms with Crippen LogP contribution in [0, 0.1) is 13.8 Å². The number of hydrogen-bond donors (Lipinski definition) is 1. The number of ether oxygens (including phenoxy) is 3. The van der Waals surface area contributed by atoms with E-state index in [1.54, 1.807) is 25.1 Å². The van der Waals surface area contributed by atoms with E-state index in [1.165, 1.54) is 11.3 Å². The predicted molar refractivity (Wildman–Crippen MR) is 112 cm³/mol. The molecule has 0 aliphatic carbocycles. The number of aromatic amines is 1. The maximum atomic E-state index is 12.7. The van der Waals surface area contributed by atoms with Gasteiger partial charge in [-0.3, -0.25) is 4.79 Å². The summed E-state index contributed by atoms with van der Waals surface area (Å²) in [4.78, 5) is 34.2. The summed E-state index contributed by atoms with van der Waals surface area (Å²) in [5.74, 6) is 0.880. The summed E-state index contributed by atoms with van der Waals surface area (Å²) in [7, 11) is 0. The van der Waals surface area contributed by atoms with Crippen molar-refractivity contribution in [3.63, 3.8) is 0 Å². The van der Waals surface area contributed by atoms with Crippen LogP contribution in [0.3, 0.4) is 0 Å². The van der Waals surface area contributed by atoms with Crippen molar-refractivity contribution in [1.29, 1.82) is 0 Å². The van der Waals surface area contributed by atoms with Crippen molar-refractivity contribution in [2.75, 3.05) is 19.8 Å². The van der Waals surface area contributed by atoms with E-state index >= 15 is 0 Å². The number of nitrogens with zero attached hydrogens (tertiary/aromatic N) is 1. The number of aromatic nitrogens is 2. The molecule has 0 spiro atoms. The third-order valence-electron chi connectivity index (χ3n) is 4.67. The standard InChI is InChI=1S/C21H20N2O5S/c1-4-26-21(25)14(9-13-5-6-15-16(10-13)28-8-7-27-15)18-22-19(24)17-11(2)12(3)29-20(17)23-18/h5-6,9-10H,4,7-8H2,1-3H3,(H,22,23,24)/b14-9-. The normalized spacial score (nSPS) is 13.6. The first-order chi connectivity index (χ1) is 14.0. The highest BCUT2D eigenvalue weighted by molar-refractivity contribution is 7.18. The molecule has 0 bridgehead atoms. The first-order valence-electron chi connectivity index (χ1n) is 9.26. The second-order valence-corrected chi connectivity index (χ2v) is 7.76.